The molecular formula is C30H46O2. The minimum absolute atomic E-state index is 0.154. The maximum absolute atomic E-state index is 11.6. The van der Waals surface area contributed by atoms with Gasteiger partial charge in [0.05, 0.1) is 5.60 Å². The van der Waals surface area contributed by atoms with Gasteiger partial charge in [-0.05, 0) is 59.9 Å². The molecule has 1 unspecified atom stereocenters. The molecule has 0 amide bonds. The van der Waals surface area contributed by atoms with Gasteiger partial charge in [-0.3, -0.25) is 0 Å². The van der Waals surface area contributed by atoms with Gasteiger partial charge in [0.2, 0.25) is 0 Å². The zero-order chi connectivity index (χ0) is 23.5. The zero-order valence-corrected chi connectivity index (χ0v) is 21.0. The first-order chi connectivity index (χ1) is 15.2. The summed E-state index contributed by atoms with van der Waals surface area (Å²) in [5, 5.41) is 21.1. The summed E-state index contributed by atoms with van der Waals surface area (Å²) in [5.41, 5.74) is 3.37. The lowest BCUT2D eigenvalue weighted by atomic mass is 9.82. The SMILES string of the molecule is CCCCCCCCC(O)(CCCCc1ccc(O)cc1)Cc1ccc(C(C)(C)C)cc1. The molecule has 0 aliphatic rings. The van der Waals surface area contributed by atoms with Crippen LogP contribution < -0.4 is 0 Å². The Bertz CT molecular complexity index is 755. The van der Waals surface area contributed by atoms with Crippen LogP contribution in [0.1, 0.15) is 109 Å². The highest BCUT2D eigenvalue weighted by molar-refractivity contribution is 5.28. The Kier molecular flexibility index (Phi) is 10.8. The number of hydrogen-bond donors (Lipinski definition) is 2. The van der Waals surface area contributed by atoms with Crippen molar-refractivity contribution in [1.82, 2.24) is 0 Å². The highest BCUT2D eigenvalue weighted by atomic mass is 16.3. The van der Waals surface area contributed by atoms with Crippen LogP contribution in [0.25, 0.3) is 0 Å². The average molecular weight is 439 g/mol. The summed E-state index contributed by atoms with van der Waals surface area (Å²) in [6.07, 6.45) is 13.1. The lowest BCUT2D eigenvalue weighted by Crippen LogP contribution is -2.31. The molecule has 178 valence electrons. The summed E-state index contributed by atoms with van der Waals surface area (Å²) in [5.74, 6) is 0.319. The van der Waals surface area contributed by atoms with Crippen LogP contribution in [0.5, 0.6) is 5.75 Å². The van der Waals surface area contributed by atoms with Crippen molar-refractivity contribution >= 4 is 0 Å². The number of unbranched alkanes of at least 4 members (excludes halogenated alkanes) is 6. The monoisotopic (exact) mass is 438 g/mol. The molecule has 0 saturated carbocycles. The van der Waals surface area contributed by atoms with Gasteiger partial charge in [0.25, 0.3) is 0 Å². The molecule has 32 heavy (non-hydrogen) atoms. The summed E-state index contributed by atoms with van der Waals surface area (Å²) in [4.78, 5) is 0. The Morgan fingerprint density at radius 1 is 0.656 bits per heavy atom. The minimum Gasteiger partial charge on any atom is -0.508 e. The predicted molar refractivity (Wildman–Crippen MR) is 137 cm³/mol. The molecule has 2 N–H and O–H groups in total. The van der Waals surface area contributed by atoms with E-state index in [1.165, 1.54) is 48.8 Å². The van der Waals surface area contributed by atoms with Gasteiger partial charge in [-0.15, -0.1) is 0 Å². The van der Waals surface area contributed by atoms with Crippen LogP contribution in [-0.2, 0) is 18.3 Å². The molecule has 2 aromatic rings. The van der Waals surface area contributed by atoms with E-state index in [1.807, 2.05) is 12.1 Å². The van der Waals surface area contributed by atoms with Crippen molar-refractivity contribution in [2.45, 2.75) is 116 Å². The van der Waals surface area contributed by atoms with Crippen LogP contribution in [-0.4, -0.2) is 15.8 Å². The van der Waals surface area contributed by atoms with E-state index in [0.29, 0.717) is 5.75 Å². The van der Waals surface area contributed by atoms with Crippen molar-refractivity contribution < 1.29 is 10.2 Å². The number of aliphatic hydroxyl groups is 1. The predicted octanol–water partition coefficient (Wildman–Crippen LogP) is 8.13. The third kappa shape index (κ3) is 9.77. The van der Waals surface area contributed by atoms with Gasteiger partial charge in [0.1, 0.15) is 5.75 Å². The zero-order valence-electron chi connectivity index (χ0n) is 21.0. The molecule has 0 aliphatic carbocycles. The first-order valence-corrected chi connectivity index (χ1v) is 12.8. The molecule has 2 nitrogen and oxygen atoms in total. The number of hydrogen-bond acceptors (Lipinski definition) is 2. The Morgan fingerprint density at radius 3 is 1.78 bits per heavy atom. The van der Waals surface area contributed by atoms with E-state index in [1.54, 1.807) is 12.1 Å². The van der Waals surface area contributed by atoms with E-state index in [-0.39, 0.29) is 5.41 Å². The van der Waals surface area contributed by atoms with Crippen LogP contribution >= 0.6 is 0 Å². The van der Waals surface area contributed by atoms with Crippen molar-refractivity contribution in [2.24, 2.45) is 0 Å². The second-order valence-electron chi connectivity index (χ2n) is 10.7. The van der Waals surface area contributed by atoms with Crippen molar-refractivity contribution in [3.63, 3.8) is 0 Å². The molecule has 0 heterocycles. The number of aromatic hydroxyl groups is 1. The highest BCUT2D eigenvalue weighted by Gasteiger charge is 2.26. The van der Waals surface area contributed by atoms with E-state index in [0.717, 1.165) is 44.9 Å². The lowest BCUT2D eigenvalue weighted by molar-refractivity contribution is 0.0181. The van der Waals surface area contributed by atoms with Crippen molar-refractivity contribution in [1.29, 1.82) is 0 Å². The summed E-state index contributed by atoms with van der Waals surface area (Å²) in [6.45, 7) is 8.97. The molecule has 2 rings (SSSR count). The van der Waals surface area contributed by atoms with E-state index >= 15 is 0 Å². The number of phenols is 1. The van der Waals surface area contributed by atoms with Gasteiger partial charge in [-0.25, -0.2) is 0 Å². The van der Waals surface area contributed by atoms with Crippen LogP contribution in [0.4, 0.5) is 0 Å². The first-order valence-electron chi connectivity index (χ1n) is 12.8. The van der Waals surface area contributed by atoms with Gasteiger partial charge in [0.15, 0.2) is 0 Å². The van der Waals surface area contributed by atoms with Crippen LogP contribution in [0, 0.1) is 0 Å². The summed E-state index contributed by atoms with van der Waals surface area (Å²) < 4.78 is 0. The molecule has 0 bridgehead atoms. The third-order valence-corrected chi connectivity index (χ3v) is 6.64. The second kappa shape index (κ2) is 13.0. The fraction of sp³-hybridized carbons (Fsp3) is 0.600. The van der Waals surface area contributed by atoms with E-state index < -0.39 is 5.60 Å². The van der Waals surface area contributed by atoms with Crippen molar-refractivity contribution in [3.05, 3.63) is 65.2 Å². The molecule has 0 radical (unpaired) electrons. The van der Waals surface area contributed by atoms with E-state index in [2.05, 4.69) is 52.0 Å². The van der Waals surface area contributed by atoms with Crippen molar-refractivity contribution in [3.8, 4) is 5.75 Å². The molecular weight excluding hydrogens is 392 g/mol. The first kappa shape index (κ1) is 26.5. The minimum atomic E-state index is -0.622. The molecule has 0 saturated heterocycles. The molecule has 2 aromatic carbocycles. The van der Waals surface area contributed by atoms with Gasteiger partial charge in [-0.2, -0.15) is 0 Å². The molecule has 1 atom stereocenters. The number of rotatable bonds is 14. The molecule has 0 fully saturated rings. The third-order valence-electron chi connectivity index (χ3n) is 6.64. The Hall–Kier alpha value is -1.80. The van der Waals surface area contributed by atoms with Crippen molar-refractivity contribution in [2.75, 3.05) is 0 Å². The quantitative estimate of drug-likeness (QED) is 0.292. The van der Waals surface area contributed by atoms with E-state index in [9.17, 15) is 10.2 Å². The molecule has 0 spiro atoms. The average Bonchev–Trinajstić information content (AvgIpc) is 2.75. The summed E-state index contributed by atoms with van der Waals surface area (Å²) >= 11 is 0. The van der Waals surface area contributed by atoms with E-state index in [4.69, 9.17) is 0 Å². The second-order valence-corrected chi connectivity index (χ2v) is 10.7. The molecule has 0 aliphatic heterocycles. The fourth-order valence-electron chi connectivity index (χ4n) is 4.48. The maximum Gasteiger partial charge on any atom is 0.115 e. The van der Waals surface area contributed by atoms with Crippen LogP contribution in [0.2, 0.25) is 0 Å². The van der Waals surface area contributed by atoms with Gasteiger partial charge in [-0.1, -0.05) is 109 Å². The van der Waals surface area contributed by atoms with Crippen LogP contribution in [0.15, 0.2) is 48.5 Å². The lowest BCUT2D eigenvalue weighted by Gasteiger charge is -2.29. The smallest absolute Gasteiger partial charge is 0.115 e. The molecule has 0 aromatic heterocycles. The standard InChI is InChI=1S/C30H46O2/c1-5-6-7-8-9-11-22-30(32,23-12-10-13-25-16-20-28(31)21-17-25)24-26-14-18-27(19-15-26)29(2,3)4/h14-21,31-32H,5-13,22-24H2,1-4H3. The highest BCUT2D eigenvalue weighted by Crippen LogP contribution is 2.29. The molecule has 2 heteroatoms. The Balaban J connectivity index is 1.92. The van der Waals surface area contributed by atoms with Gasteiger partial charge >= 0.3 is 0 Å². The Morgan fingerprint density at radius 2 is 1.19 bits per heavy atom. The van der Waals surface area contributed by atoms with Gasteiger partial charge in [0, 0.05) is 6.42 Å². The summed E-state index contributed by atoms with van der Waals surface area (Å²) in [6, 6.07) is 16.4. The number of phenolic OH excluding ortho intramolecular Hbond substituents is 1. The normalized spacial score (nSPS) is 13.8. The largest absolute Gasteiger partial charge is 0.508 e. The van der Waals surface area contributed by atoms with Gasteiger partial charge < -0.3 is 10.2 Å². The summed E-state index contributed by atoms with van der Waals surface area (Å²) in [7, 11) is 0. The number of benzene rings is 2. The topological polar surface area (TPSA) is 40.5 Å². The Labute approximate surface area is 197 Å². The maximum atomic E-state index is 11.6. The van der Waals surface area contributed by atoms with Crippen LogP contribution in [0.3, 0.4) is 0 Å². The number of aryl methyl sites for hydroxylation is 1. The fourth-order valence-corrected chi connectivity index (χ4v) is 4.48.